The summed E-state index contributed by atoms with van der Waals surface area (Å²) >= 11 is 0. The van der Waals surface area contributed by atoms with Crippen LogP contribution in [0.15, 0.2) is 48.6 Å². The van der Waals surface area contributed by atoms with E-state index in [1.165, 1.54) is 64.2 Å². The van der Waals surface area contributed by atoms with Gasteiger partial charge in [0.15, 0.2) is 0 Å². The molecule has 0 atom stereocenters. The topological polar surface area (TPSA) is 0 Å². The van der Waals surface area contributed by atoms with Crippen molar-refractivity contribution in [3.05, 3.63) is 59.7 Å². The van der Waals surface area contributed by atoms with E-state index in [1.54, 1.807) is 11.1 Å². The van der Waals surface area contributed by atoms with Crippen molar-refractivity contribution in [3.8, 4) is 0 Å². The van der Waals surface area contributed by atoms with E-state index in [0.29, 0.717) is 0 Å². The fraction of sp³-hybridized carbons (Fsp3) is 0.615. The van der Waals surface area contributed by atoms with Crippen LogP contribution in [-0.4, -0.2) is 0 Å². The van der Waals surface area contributed by atoms with Gasteiger partial charge in [-0.2, -0.15) is 0 Å². The minimum absolute atomic E-state index is 0.799. The van der Waals surface area contributed by atoms with E-state index in [2.05, 4.69) is 62.4 Å². The molecule has 0 aromatic heterocycles. The lowest BCUT2D eigenvalue weighted by atomic mass is 9.76. The SMILES string of the molecule is C/C=C/CCC1CCC(c2ccc(C3CCC(/C=C/C)CC3)cc2)CC1. The third-order valence-electron chi connectivity index (χ3n) is 6.94. The van der Waals surface area contributed by atoms with Gasteiger partial charge in [0.25, 0.3) is 0 Å². The lowest BCUT2D eigenvalue weighted by Crippen LogP contribution is -2.14. The molecule has 142 valence electrons. The van der Waals surface area contributed by atoms with Crippen LogP contribution >= 0.6 is 0 Å². The van der Waals surface area contributed by atoms with Crippen molar-refractivity contribution in [1.82, 2.24) is 0 Å². The van der Waals surface area contributed by atoms with Gasteiger partial charge in [0.2, 0.25) is 0 Å². The molecular formula is C26H38. The summed E-state index contributed by atoms with van der Waals surface area (Å²) in [5, 5.41) is 0. The Labute approximate surface area is 161 Å². The van der Waals surface area contributed by atoms with Gasteiger partial charge in [0.1, 0.15) is 0 Å². The van der Waals surface area contributed by atoms with Crippen molar-refractivity contribution >= 4 is 0 Å². The zero-order chi connectivity index (χ0) is 18.2. The van der Waals surface area contributed by atoms with E-state index in [-0.39, 0.29) is 0 Å². The number of benzene rings is 1. The van der Waals surface area contributed by atoms with Crippen LogP contribution in [0.1, 0.15) is 101 Å². The molecule has 0 heteroatoms. The van der Waals surface area contributed by atoms with Gasteiger partial charge in [0.05, 0.1) is 0 Å². The lowest BCUT2D eigenvalue weighted by molar-refractivity contribution is 0.312. The van der Waals surface area contributed by atoms with Crippen molar-refractivity contribution in [2.24, 2.45) is 11.8 Å². The Balaban J connectivity index is 1.48. The number of allylic oxidation sites excluding steroid dienone is 4. The Bertz CT molecular complexity index is 561. The second-order valence-electron chi connectivity index (χ2n) is 8.67. The predicted molar refractivity (Wildman–Crippen MR) is 115 cm³/mol. The minimum atomic E-state index is 0.799. The summed E-state index contributed by atoms with van der Waals surface area (Å²) in [6.45, 7) is 4.29. The van der Waals surface area contributed by atoms with Gasteiger partial charge in [-0.05, 0) is 113 Å². The van der Waals surface area contributed by atoms with Crippen molar-refractivity contribution in [2.75, 3.05) is 0 Å². The summed E-state index contributed by atoms with van der Waals surface area (Å²) < 4.78 is 0. The van der Waals surface area contributed by atoms with Crippen LogP contribution in [-0.2, 0) is 0 Å². The lowest BCUT2D eigenvalue weighted by Gasteiger charge is -2.30. The van der Waals surface area contributed by atoms with Gasteiger partial charge in [-0.25, -0.2) is 0 Å². The van der Waals surface area contributed by atoms with E-state index in [0.717, 1.165) is 23.7 Å². The molecule has 0 spiro atoms. The average Bonchev–Trinajstić information content (AvgIpc) is 2.70. The van der Waals surface area contributed by atoms with Crippen molar-refractivity contribution in [1.29, 1.82) is 0 Å². The molecule has 0 heterocycles. The maximum atomic E-state index is 2.46. The van der Waals surface area contributed by atoms with Gasteiger partial charge < -0.3 is 0 Å². The van der Waals surface area contributed by atoms with Crippen LogP contribution < -0.4 is 0 Å². The summed E-state index contributed by atoms with van der Waals surface area (Å²) in [7, 11) is 0. The molecule has 0 radical (unpaired) electrons. The Hall–Kier alpha value is -1.30. The standard InChI is InChI=1S/C26H38/c1-3-5-6-8-22-11-15-24(16-12-22)26-19-17-25(18-20-26)23-13-9-21(7-4-2)10-14-23/h3-5,7,17-24H,6,8-16H2,1-2H3/b5-3+,7-4+. The summed E-state index contributed by atoms with van der Waals surface area (Å²) in [5.74, 6) is 3.41. The predicted octanol–water partition coefficient (Wildman–Crippen LogP) is 8.17. The molecule has 2 aliphatic rings. The van der Waals surface area contributed by atoms with Crippen LogP contribution in [0, 0.1) is 11.8 Å². The Morgan fingerprint density at radius 1 is 0.731 bits per heavy atom. The third-order valence-corrected chi connectivity index (χ3v) is 6.94. The Morgan fingerprint density at radius 2 is 1.27 bits per heavy atom. The number of rotatable bonds is 6. The highest BCUT2D eigenvalue weighted by Gasteiger charge is 2.23. The first kappa shape index (κ1) is 19.5. The molecule has 2 saturated carbocycles. The fourth-order valence-corrected chi connectivity index (χ4v) is 5.24. The largest absolute Gasteiger partial charge is 0.0917 e. The second kappa shape index (κ2) is 10.1. The summed E-state index contributed by atoms with van der Waals surface area (Å²) in [6, 6.07) is 9.82. The molecule has 0 nitrogen and oxygen atoms in total. The van der Waals surface area contributed by atoms with Crippen molar-refractivity contribution in [2.45, 2.75) is 89.9 Å². The van der Waals surface area contributed by atoms with Gasteiger partial charge in [-0.3, -0.25) is 0 Å². The number of hydrogen-bond acceptors (Lipinski definition) is 0. The van der Waals surface area contributed by atoms with Crippen LogP contribution in [0.5, 0.6) is 0 Å². The molecule has 0 saturated heterocycles. The van der Waals surface area contributed by atoms with Crippen molar-refractivity contribution < 1.29 is 0 Å². The molecule has 0 amide bonds. The third kappa shape index (κ3) is 5.35. The molecule has 26 heavy (non-hydrogen) atoms. The van der Waals surface area contributed by atoms with Crippen LogP contribution in [0.4, 0.5) is 0 Å². The van der Waals surface area contributed by atoms with E-state index in [1.807, 2.05) is 0 Å². The minimum Gasteiger partial charge on any atom is -0.0917 e. The second-order valence-corrected chi connectivity index (χ2v) is 8.67. The maximum absolute atomic E-state index is 2.46. The molecular weight excluding hydrogens is 312 g/mol. The molecule has 1 aromatic carbocycles. The normalized spacial score (nSPS) is 30.2. The molecule has 0 bridgehead atoms. The van der Waals surface area contributed by atoms with Crippen LogP contribution in [0.25, 0.3) is 0 Å². The maximum Gasteiger partial charge on any atom is -0.0162 e. The first-order chi connectivity index (χ1) is 12.8. The Morgan fingerprint density at radius 3 is 1.77 bits per heavy atom. The molecule has 2 fully saturated rings. The average molecular weight is 351 g/mol. The fourth-order valence-electron chi connectivity index (χ4n) is 5.24. The molecule has 0 unspecified atom stereocenters. The molecule has 3 rings (SSSR count). The molecule has 0 N–H and O–H groups in total. The quantitative estimate of drug-likeness (QED) is 0.454. The first-order valence-electron chi connectivity index (χ1n) is 11.1. The van der Waals surface area contributed by atoms with E-state index >= 15 is 0 Å². The highest BCUT2D eigenvalue weighted by atomic mass is 14.3. The van der Waals surface area contributed by atoms with Crippen LogP contribution in [0.3, 0.4) is 0 Å². The smallest absolute Gasteiger partial charge is 0.0162 e. The first-order valence-corrected chi connectivity index (χ1v) is 11.1. The van der Waals surface area contributed by atoms with Crippen LogP contribution in [0.2, 0.25) is 0 Å². The van der Waals surface area contributed by atoms with Crippen molar-refractivity contribution in [3.63, 3.8) is 0 Å². The Kier molecular flexibility index (Phi) is 7.59. The number of hydrogen-bond donors (Lipinski definition) is 0. The van der Waals surface area contributed by atoms with E-state index in [4.69, 9.17) is 0 Å². The summed E-state index contributed by atoms with van der Waals surface area (Å²) in [5.41, 5.74) is 3.19. The van der Waals surface area contributed by atoms with Gasteiger partial charge in [0, 0.05) is 0 Å². The summed E-state index contributed by atoms with van der Waals surface area (Å²) in [6.07, 6.45) is 23.0. The van der Waals surface area contributed by atoms with Gasteiger partial charge >= 0.3 is 0 Å². The van der Waals surface area contributed by atoms with E-state index < -0.39 is 0 Å². The zero-order valence-electron chi connectivity index (χ0n) is 17.0. The summed E-state index contributed by atoms with van der Waals surface area (Å²) in [4.78, 5) is 0. The monoisotopic (exact) mass is 350 g/mol. The highest BCUT2D eigenvalue weighted by Crippen LogP contribution is 2.39. The molecule has 0 aliphatic heterocycles. The van der Waals surface area contributed by atoms with E-state index in [9.17, 15) is 0 Å². The zero-order valence-corrected chi connectivity index (χ0v) is 17.0. The molecule has 1 aromatic rings. The highest BCUT2D eigenvalue weighted by molar-refractivity contribution is 5.28. The van der Waals surface area contributed by atoms with Gasteiger partial charge in [-0.15, -0.1) is 0 Å². The molecule has 2 aliphatic carbocycles. The van der Waals surface area contributed by atoms with Gasteiger partial charge in [-0.1, -0.05) is 48.6 Å².